The van der Waals surface area contributed by atoms with Gasteiger partial charge in [0.2, 0.25) is 0 Å². The van der Waals surface area contributed by atoms with Gasteiger partial charge in [0.15, 0.2) is 6.10 Å². The molecular weight excluding hydrogens is 268 g/mol. The van der Waals surface area contributed by atoms with Crippen LogP contribution in [0.2, 0.25) is 0 Å². The van der Waals surface area contributed by atoms with Crippen LogP contribution in [0.4, 0.5) is 0 Å². The van der Waals surface area contributed by atoms with E-state index in [2.05, 4.69) is 0 Å². The molecule has 0 aliphatic heterocycles. The third-order valence-electron chi connectivity index (χ3n) is 3.24. The maximum absolute atomic E-state index is 11.5. The number of aliphatic carboxylic acids is 1. The molecule has 2 aromatic rings. The molecule has 0 bridgehead atoms. The van der Waals surface area contributed by atoms with Crippen molar-refractivity contribution < 1.29 is 19.4 Å². The Labute approximate surface area is 123 Å². The van der Waals surface area contributed by atoms with E-state index < -0.39 is 12.1 Å². The van der Waals surface area contributed by atoms with Gasteiger partial charge in [-0.3, -0.25) is 0 Å². The summed E-state index contributed by atoms with van der Waals surface area (Å²) in [6.07, 6.45) is -0.712. The van der Waals surface area contributed by atoms with Gasteiger partial charge >= 0.3 is 5.97 Å². The van der Waals surface area contributed by atoms with E-state index in [9.17, 15) is 9.90 Å². The second kappa shape index (κ2) is 6.79. The first-order valence-electron chi connectivity index (χ1n) is 6.69. The number of rotatable bonds is 6. The van der Waals surface area contributed by atoms with Crippen LogP contribution in [0.5, 0.6) is 11.5 Å². The Morgan fingerprint density at radius 1 is 1.10 bits per heavy atom. The minimum absolute atomic E-state index is 0.244. The van der Waals surface area contributed by atoms with Gasteiger partial charge in [-0.15, -0.1) is 0 Å². The van der Waals surface area contributed by atoms with Gasteiger partial charge in [-0.1, -0.05) is 36.4 Å². The Bertz CT molecular complexity index is 622. The van der Waals surface area contributed by atoms with Crippen LogP contribution in [0.25, 0.3) is 0 Å². The summed E-state index contributed by atoms with van der Waals surface area (Å²) in [5.74, 6) is 0.251. The van der Waals surface area contributed by atoms with Crippen molar-refractivity contribution in [1.82, 2.24) is 0 Å². The molecule has 2 aromatic carbocycles. The number of ether oxygens (including phenoxy) is 2. The zero-order valence-electron chi connectivity index (χ0n) is 12.1. The van der Waals surface area contributed by atoms with Gasteiger partial charge in [-0.05, 0) is 30.2 Å². The van der Waals surface area contributed by atoms with E-state index in [0.717, 1.165) is 11.1 Å². The number of carboxylic acids is 1. The highest BCUT2D eigenvalue weighted by Crippen LogP contribution is 2.23. The van der Waals surface area contributed by atoms with Crippen LogP contribution in [-0.4, -0.2) is 24.3 Å². The smallest absolute Gasteiger partial charge is 0.345 e. The third kappa shape index (κ3) is 3.75. The molecule has 1 N–H and O–H groups in total. The number of hydrogen-bond acceptors (Lipinski definition) is 3. The van der Waals surface area contributed by atoms with Crippen molar-refractivity contribution in [1.29, 1.82) is 0 Å². The molecule has 0 unspecified atom stereocenters. The Balaban J connectivity index is 2.20. The normalized spacial score (nSPS) is 11.7. The molecule has 4 heteroatoms. The highest BCUT2D eigenvalue weighted by Gasteiger charge is 2.22. The Kier molecular flexibility index (Phi) is 4.82. The minimum Gasteiger partial charge on any atom is -0.496 e. The molecular formula is C17H18O4. The van der Waals surface area contributed by atoms with E-state index in [0.29, 0.717) is 11.5 Å². The Morgan fingerprint density at radius 2 is 1.71 bits per heavy atom. The van der Waals surface area contributed by atoms with Gasteiger partial charge in [0.1, 0.15) is 11.5 Å². The van der Waals surface area contributed by atoms with Gasteiger partial charge < -0.3 is 14.6 Å². The summed E-state index contributed by atoms with van der Waals surface area (Å²) < 4.78 is 10.9. The zero-order valence-corrected chi connectivity index (χ0v) is 12.1. The largest absolute Gasteiger partial charge is 0.496 e. The van der Waals surface area contributed by atoms with Gasteiger partial charge in [0.25, 0.3) is 0 Å². The van der Waals surface area contributed by atoms with Gasteiger partial charge in [-0.2, -0.15) is 0 Å². The SMILES string of the molecule is COc1ccccc1C[C@@H](Oc1ccccc1C)C(=O)O. The lowest BCUT2D eigenvalue weighted by Gasteiger charge is -2.18. The van der Waals surface area contributed by atoms with Gasteiger partial charge in [0, 0.05) is 6.42 Å². The molecule has 2 rings (SSSR count). The number of benzene rings is 2. The standard InChI is InChI=1S/C17H18O4/c1-12-7-3-5-9-14(12)21-16(17(18)19)11-13-8-4-6-10-15(13)20-2/h3-10,16H,11H2,1-2H3,(H,18,19)/t16-/m1/s1. The number of methoxy groups -OCH3 is 1. The number of carboxylic acid groups (broad SMARTS) is 1. The number of para-hydroxylation sites is 2. The summed E-state index contributed by atoms with van der Waals surface area (Å²) >= 11 is 0. The topological polar surface area (TPSA) is 55.8 Å². The van der Waals surface area contributed by atoms with Gasteiger partial charge in [0.05, 0.1) is 7.11 Å². The third-order valence-corrected chi connectivity index (χ3v) is 3.24. The first-order chi connectivity index (χ1) is 10.1. The molecule has 21 heavy (non-hydrogen) atoms. The summed E-state index contributed by atoms with van der Waals surface area (Å²) in [6.45, 7) is 1.89. The van der Waals surface area contributed by atoms with E-state index >= 15 is 0 Å². The molecule has 0 amide bonds. The van der Waals surface area contributed by atoms with Crippen LogP contribution in [0, 0.1) is 6.92 Å². The van der Waals surface area contributed by atoms with Crippen LogP contribution in [0.1, 0.15) is 11.1 Å². The second-order valence-electron chi connectivity index (χ2n) is 4.73. The molecule has 0 radical (unpaired) electrons. The fourth-order valence-electron chi connectivity index (χ4n) is 2.09. The predicted molar refractivity (Wildman–Crippen MR) is 79.9 cm³/mol. The van der Waals surface area contributed by atoms with Crippen molar-refractivity contribution in [3.63, 3.8) is 0 Å². The van der Waals surface area contributed by atoms with Crippen LogP contribution in [-0.2, 0) is 11.2 Å². The average molecular weight is 286 g/mol. The fourth-order valence-corrected chi connectivity index (χ4v) is 2.09. The van der Waals surface area contributed by atoms with Crippen molar-refractivity contribution in [2.75, 3.05) is 7.11 Å². The first-order valence-corrected chi connectivity index (χ1v) is 6.69. The monoisotopic (exact) mass is 286 g/mol. The van der Waals surface area contributed by atoms with E-state index in [1.54, 1.807) is 13.2 Å². The van der Waals surface area contributed by atoms with E-state index in [-0.39, 0.29) is 6.42 Å². The lowest BCUT2D eigenvalue weighted by molar-refractivity contribution is -0.145. The van der Waals surface area contributed by atoms with Crippen molar-refractivity contribution in [3.05, 3.63) is 59.7 Å². The summed E-state index contributed by atoms with van der Waals surface area (Å²) in [5, 5.41) is 9.38. The number of hydrogen-bond donors (Lipinski definition) is 1. The molecule has 0 aromatic heterocycles. The maximum Gasteiger partial charge on any atom is 0.345 e. The van der Waals surface area contributed by atoms with Crippen LogP contribution in [0.15, 0.2) is 48.5 Å². The lowest BCUT2D eigenvalue weighted by Crippen LogP contribution is -2.29. The van der Waals surface area contributed by atoms with Gasteiger partial charge in [-0.25, -0.2) is 4.79 Å². The molecule has 0 fully saturated rings. The Hall–Kier alpha value is -2.49. The van der Waals surface area contributed by atoms with Crippen molar-refractivity contribution >= 4 is 5.97 Å². The van der Waals surface area contributed by atoms with Crippen LogP contribution in [0.3, 0.4) is 0 Å². The summed E-state index contributed by atoms with van der Waals surface area (Å²) in [5.41, 5.74) is 1.71. The van der Waals surface area contributed by atoms with Crippen molar-refractivity contribution in [2.24, 2.45) is 0 Å². The first kappa shape index (κ1) is 14.9. The second-order valence-corrected chi connectivity index (χ2v) is 4.73. The predicted octanol–water partition coefficient (Wildman–Crippen LogP) is 3.08. The van der Waals surface area contributed by atoms with E-state index in [4.69, 9.17) is 9.47 Å². The maximum atomic E-state index is 11.5. The molecule has 0 spiro atoms. The van der Waals surface area contributed by atoms with E-state index in [1.165, 1.54) is 0 Å². The minimum atomic E-state index is -0.996. The molecule has 0 heterocycles. The van der Waals surface area contributed by atoms with Crippen LogP contribution < -0.4 is 9.47 Å². The number of aryl methyl sites for hydroxylation is 1. The number of carbonyl (C=O) groups is 1. The summed E-state index contributed by atoms with van der Waals surface area (Å²) in [7, 11) is 1.57. The molecule has 1 atom stereocenters. The Morgan fingerprint density at radius 3 is 2.33 bits per heavy atom. The van der Waals surface area contributed by atoms with Crippen molar-refractivity contribution in [3.8, 4) is 11.5 Å². The summed E-state index contributed by atoms with van der Waals surface area (Å²) in [6, 6.07) is 14.7. The highest BCUT2D eigenvalue weighted by atomic mass is 16.5. The molecule has 0 saturated heterocycles. The molecule has 110 valence electrons. The van der Waals surface area contributed by atoms with E-state index in [1.807, 2.05) is 49.4 Å². The molecule has 0 saturated carbocycles. The fraction of sp³-hybridized carbons (Fsp3) is 0.235. The molecule has 0 aliphatic carbocycles. The molecule has 0 aliphatic rings. The quantitative estimate of drug-likeness (QED) is 0.886. The lowest BCUT2D eigenvalue weighted by atomic mass is 10.1. The highest BCUT2D eigenvalue weighted by molar-refractivity contribution is 5.73. The van der Waals surface area contributed by atoms with Crippen molar-refractivity contribution in [2.45, 2.75) is 19.4 Å². The average Bonchev–Trinajstić information content (AvgIpc) is 2.49. The molecule has 4 nitrogen and oxygen atoms in total. The zero-order chi connectivity index (χ0) is 15.2. The van der Waals surface area contributed by atoms with Crippen LogP contribution >= 0.6 is 0 Å². The summed E-state index contributed by atoms with van der Waals surface area (Å²) in [4.78, 5) is 11.5.